The number of carbonyl (C=O) groups excluding carboxylic acids is 14. The molecule has 2 saturated heterocycles. The molecule has 7 atom stereocenters. The van der Waals surface area contributed by atoms with Gasteiger partial charge in [0.05, 0.1) is 12.1 Å². The molecule has 0 aliphatic carbocycles. The van der Waals surface area contributed by atoms with Crippen molar-refractivity contribution in [3.05, 3.63) is 35.9 Å². The van der Waals surface area contributed by atoms with Crippen molar-refractivity contribution in [2.24, 2.45) is 58.1 Å². The van der Waals surface area contributed by atoms with E-state index in [4.69, 9.17) is 48.3 Å². The number of benzene rings is 1. The highest BCUT2D eigenvalue weighted by Crippen LogP contribution is 2.24. The van der Waals surface area contributed by atoms with Crippen molar-refractivity contribution in [2.75, 3.05) is 69.0 Å². The van der Waals surface area contributed by atoms with Gasteiger partial charge >= 0.3 is 0 Å². The zero-order valence-corrected chi connectivity index (χ0v) is 73.8. The van der Waals surface area contributed by atoms with Crippen LogP contribution in [0, 0.1) is 23.7 Å². The first kappa shape index (κ1) is 169. The van der Waals surface area contributed by atoms with Crippen molar-refractivity contribution in [2.45, 2.75) is 273 Å². The molecule has 2 aliphatic rings. The van der Waals surface area contributed by atoms with Crippen LogP contribution in [0.5, 0.6) is 0 Å². The third kappa shape index (κ3) is 130. The summed E-state index contributed by atoms with van der Waals surface area (Å²) in [5.41, 5.74) is 28.4. The summed E-state index contributed by atoms with van der Waals surface area (Å²) in [5.74, 6) is -0.0932. The summed E-state index contributed by atoms with van der Waals surface area (Å²) >= 11 is 0. The molecule has 2 aliphatic heterocycles. The number of rotatable bonds is 16. The van der Waals surface area contributed by atoms with E-state index in [1.807, 2.05) is 136 Å². The maximum absolute atomic E-state index is 13.8. The van der Waals surface area contributed by atoms with Crippen LogP contribution in [-0.4, -0.2) is 227 Å². The predicted octanol–water partition coefficient (Wildman–Crippen LogP) is 8.33. The van der Waals surface area contributed by atoms with Crippen LogP contribution in [-0.2, 0) is 73.5 Å². The van der Waals surface area contributed by atoms with Crippen molar-refractivity contribution in [3.63, 3.8) is 0 Å². The molecule has 3 rings (SSSR count). The second-order valence-corrected chi connectivity index (χ2v) is 19.6. The van der Waals surface area contributed by atoms with E-state index in [0.717, 1.165) is 37.5 Å². The van der Waals surface area contributed by atoms with Gasteiger partial charge in [0.2, 0.25) is 29.5 Å². The zero-order valence-electron chi connectivity index (χ0n) is 73.8. The largest absolute Gasteiger partial charge is 0.394 e. The van der Waals surface area contributed by atoms with E-state index in [-0.39, 0.29) is 60.0 Å². The van der Waals surface area contributed by atoms with Crippen LogP contribution < -0.4 is 68.8 Å². The van der Waals surface area contributed by atoms with E-state index in [2.05, 4.69) is 137 Å². The second-order valence-electron chi connectivity index (χ2n) is 19.6. The number of nitrogens with one attached hydrogen (secondary N) is 3. The molecule has 650 valence electrons. The van der Waals surface area contributed by atoms with E-state index in [9.17, 15) is 29.1 Å². The summed E-state index contributed by atoms with van der Waals surface area (Å²) in [4.78, 5) is 141. The van der Waals surface area contributed by atoms with Gasteiger partial charge in [0.15, 0.2) is 0 Å². The molecule has 2 fully saturated rings. The Morgan fingerprint density at radius 3 is 1.03 bits per heavy atom. The number of aryl methyl sites for hydroxylation is 1. The number of likely N-dealkylation sites (tertiary alicyclic amines) is 2. The number of aliphatic hydroxyl groups excluding tert-OH is 2. The van der Waals surface area contributed by atoms with Crippen molar-refractivity contribution >= 4 is 90.6 Å². The third-order valence-corrected chi connectivity index (χ3v) is 11.8. The lowest BCUT2D eigenvalue weighted by atomic mass is 9.96. The molecule has 0 radical (unpaired) electrons. The minimum Gasteiger partial charge on any atom is -0.394 e. The smallest absolute Gasteiger partial charge is 0.245 e. The molecule has 31 nitrogen and oxygen atoms in total. The van der Waals surface area contributed by atoms with Crippen LogP contribution in [0.4, 0.5) is 0 Å². The average Bonchev–Trinajstić information content (AvgIpc) is 1.55. The molecule has 2 heterocycles. The summed E-state index contributed by atoms with van der Waals surface area (Å²) in [5, 5.41) is 28.0. The first-order chi connectivity index (χ1) is 49.3. The van der Waals surface area contributed by atoms with Gasteiger partial charge in [-0.15, -0.1) is 0 Å². The number of amides is 5. The average molecular weight is 1550 g/mol. The molecular formula is C75H179N15O16. The summed E-state index contributed by atoms with van der Waals surface area (Å²) in [6, 6.07) is 6.80. The summed E-state index contributed by atoms with van der Waals surface area (Å²) in [6.45, 7) is 67.1. The number of hydrogen-bond donors (Lipinski definition) is 14. The number of carbonyl (C=O) groups is 14. The number of nitrogens with zero attached hydrogens (tertiary/aromatic N) is 3. The fourth-order valence-corrected chi connectivity index (χ4v) is 6.31. The van der Waals surface area contributed by atoms with E-state index in [1.165, 1.54) is 86.0 Å². The lowest BCUT2D eigenvalue weighted by molar-refractivity contribution is -0.143. The van der Waals surface area contributed by atoms with Gasteiger partial charge in [0.1, 0.15) is 85.5 Å². The zero-order chi connectivity index (χ0) is 88.4. The fourth-order valence-electron chi connectivity index (χ4n) is 6.31. The van der Waals surface area contributed by atoms with Gasteiger partial charge in [-0.2, -0.15) is 0 Å². The van der Waals surface area contributed by atoms with Gasteiger partial charge < -0.3 is 132 Å². The van der Waals surface area contributed by atoms with Crippen molar-refractivity contribution in [1.82, 2.24) is 49.1 Å². The first-order valence-corrected chi connectivity index (χ1v) is 35.0. The van der Waals surface area contributed by atoms with Crippen LogP contribution in [0.15, 0.2) is 30.3 Å². The Balaban J connectivity index is -0.0000000393. The minimum atomic E-state index is -1.20. The van der Waals surface area contributed by atoms with E-state index >= 15 is 0 Å². The maximum atomic E-state index is 13.8. The normalized spacial score (nSPS) is 11.5. The van der Waals surface area contributed by atoms with Crippen molar-refractivity contribution in [1.29, 1.82) is 0 Å². The fraction of sp³-hybridized carbons (Fsp3) is 0.733. The Morgan fingerprint density at radius 2 is 0.783 bits per heavy atom. The second kappa shape index (κ2) is 168. The van der Waals surface area contributed by atoms with Gasteiger partial charge in [0, 0.05) is 39.7 Å². The monoisotopic (exact) mass is 1550 g/mol. The minimum absolute atomic E-state index is 0. The number of nitrogens with two attached hydrogens (primary N) is 6. The Bertz CT molecular complexity index is 1610. The number of likely N-dealkylation sites (N-methyl/N-ethyl adjacent to an activating group) is 1. The van der Waals surface area contributed by atoms with Gasteiger partial charge in [-0.25, -0.2) is 0 Å². The molecule has 0 bridgehead atoms. The van der Waals surface area contributed by atoms with Gasteiger partial charge in [-0.1, -0.05) is 188 Å². The van der Waals surface area contributed by atoms with Crippen molar-refractivity contribution < 1.29 is 77.3 Å². The van der Waals surface area contributed by atoms with Crippen LogP contribution >= 0.6 is 0 Å². The highest BCUT2D eigenvalue weighted by atomic mass is 16.3. The molecule has 26 N–H and O–H groups in total. The van der Waals surface area contributed by atoms with Crippen LogP contribution in [0.2, 0.25) is 0 Å². The number of hydrogen-bond acceptors (Lipinski definition) is 26. The van der Waals surface area contributed by atoms with Crippen molar-refractivity contribution in [3.8, 4) is 0 Å². The molecule has 0 spiro atoms. The highest BCUT2D eigenvalue weighted by molar-refractivity contribution is 5.92. The van der Waals surface area contributed by atoms with E-state index in [1.54, 1.807) is 37.5 Å². The third-order valence-electron chi connectivity index (χ3n) is 11.8. The predicted molar refractivity (Wildman–Crippen MR) is 453 cm³/mol. The summed E-state index contributed by atoms with van der Waals surface area (Å²) in [7, 11) is 10.5. The lowest BCUT2D eigenvalue weighted by Crippen LogP contribution is -2.61. The quantitative estimate of drug-likeness (QED) is 0.0691. The molecule has 0 saturated carbocycles. The number of piperidine rings is 1. The van der Waals surface area contributed by atoms with E-state index in [0.29, 0.717) is 38.9 Å². The topological polar surface area (TPSA) is 586 Å². The lowest BCUT2D eigenvalue weighted by Gasteiger charge is -2.36. The first-order valence-electron chi connectivity index (χ1n) is 35.0. The SMILES string of the molecule is C=O.C=O.C=O.C=O.C=O.C=O.C=O.C=O.C=O.CC.CC.CC.CC(C)O.CCC.CCC(C)C.CCC(C)C.CC[C@H](C)[C@H](NC(=O)[C@H](C)N(C)C(C)=O)C(=O)N1CCC[C@H]1C(O)N[C@H](C(=O)N[C@@H](C)C(=O)N1CCCCC1)C(C)C.CCc1ccccc1.CN.CN.CN.CN.CN.CN.N.N.N. The highest BCUT2D eigenvalue weighted by Gasteiger charge is 2.41. The molecule has 106 heavy (non-hydrogen) atoms. The maximum Gasteiger partial charge on any atom is 0.245 e. The van der Waals surface area contributed by atoms with E-state index < -0.39 is 42.3 Å². The molecule has 1 unspecified atom stereocenters. The standard InChI is InChI=1S/C30H54N6O6.C8H10.2C5H12.C3H8O.C3H8.3C2H6.6CH5N.9CH2O.3H3N/c1-9-19(4)25(33-26(38)21(6)34(8)22(7)37)30(42)36-17-13-14-23(36)27(39)32-24(18(2)3)28(40)31-20(5)29(41)35-15-11-10-12-16-35;1-2-8-6-4-3-5-7-8;2*1-4-5(2)3;1-3(2)4;1-3-2;18*1-2;;;/h18-21,23-25,27,32,39H,9-17H2,1-8H3,(H,31,40)(H,33,38);3-7H,2H2,1H3;2*5H,4H2,1-3H3;3-4H,1-2H3;3H2,1-2H3;3*1-2H3;6*2H2,1H3;9*1H2;3*1H3/t19-,20-,21-,23-,24-,25-,27?;;;;;;;;;;;;;;;;;;;;;;;;;;/m0........................../s1. The molecule has 5 amide bonds. The van der Waals surface area contributed by atoms with Gasteiger partial charge in [-0.05, 0) is 138 Å². The Kier molecular flexibility index (Phi) is 269. The molecule has 0 aromatic heterocycles. The van der Waals surface area contributed by atoms with Crippen LogP contribution in [0.1, 0.15) is 230 Å². The molecule has 31 heteroatoms. The Morgan fingerprint density at radius 1 is 0.481 bits per heavy atom. The summed E-state index contributed by atoms with van der Waals surface area (Å²) < 4.78 is 0. The Hall–Kier alpha value is -6.88. The Labute approximate surface area is 650 Å². The van der Waals surface area contributed by atoms with Crippen LogP contribution in [0.3, 0.4) is 0 Å². The molecular weight excluding hydrogens is 1370 g/mol. The van der Waals surface area contributed by atoms with Gasteiger partial charge in [0.25, 0.3) is 0 Å². The number of aliphatic hydroxyl groups is 2. The molecule has 1 aromatic carbocycles. The van der Waals surface area contributed by atoms with Gasteiger partial charge in [-0.3, -0.25) is 29.3 Å². The summed E-state index contributed by atoms with van der Waals surface area (Å²) in [6.07, 6.45) is 8.49. The van der Waals surface area contributed by atoms with Crippen LogP contribution in [0.25, 0.3) is 0 Å². The molecule has 1 aromatic rings.